The molecule has 2 amide bonds. The zero-order valence-corrected chi connectivity index (χ0v) is 16.7. The van der Waals surface area contributed by atoms with E-state index in [2.05, 4.69) is 15.7 Å². The van der Waals surface area contributed by atoms with Crippen LogP contribution in [-0.2, 0) is 16.1 Å². The molecule has 0 radical (unpaired) electrons. The van der Waals surface area contributed by atoms with Gasteiger partial charge in [0.15, 0.2) is 0 Å². The third-order valence-electron chi connectivity index (χ3n) is 4.48. The monoisotopic (exact) mass is 392 g/mol. The normalized spacial score (nSPS) is 11.6. The highest BCUT2D eigenvalue weighted by Gasteiger charge is 2.20. The van der Waals surface area contributed by atoms with Gasteiger partial charge in [0.05, 0.1) is 22.8 Å². The summed E-state index contributed by atoms with van der Waals surface area (Å²) in [6, 6.07) is 18.3. The molecule has 1 aromatic heterocycles. The SMILES string of the molecule is Cc1nn(-c2ccccc2)c(C)c1NC(=O)[C@H](C)NC(=O)OCc1ccccc1. The maximum atomic E-state index is 12.6. The molecular formula is C22H24N4O3. The van der Waals surface area contributed by atoms with E-state index < -0.39 is 12.1 Å². The molecule has 0 spiro atoms. The number of hydrogen-bond acceptors (Lipinski definition) is 4. The highest BCUT2D eigenvalue weighted by atomic mass is 16.5. The molecule has 0 aliphatic heterocycles. The molecule has 7 nitrogen and oxygen atoms in total. The maximum Gasteiger partial charge on any atom is 0.408 e. The predicted molar refractivity (Wildman–Crippen MR) is 111 cm³/mol. The van der Waals surface area contributed by atoms with E-state index in [1.807, 2.05) is 74.5 Å². The molecule has 1 atom stereocenters. The van der Waals surface area contributed by atoms with Crippen molar-refractivity contribution in [2.45, 2.75) is 33.4 Å². The van der Waals surface area contributed by atoms with Crippen molar-refractivity contribution in [2.75, 3.05) is 5.32 Å². The first kappa shape index (κ1) is 20.1. The van der Waals surface area contributed by atoms with Gasteiger partial charge in [-0.25, -0.2) is 9.48 Å². The number of hydrogen-bond donors (Lipinski definition) is 2. The van der Waals surface area contributed by atoms with Crippen LogP contribution in [0, 0.1) is 13.8 Å². The summed E-state index contributed by atoms with van der Waals surface area (Å²) < 4.78 is 6.94. The Morgan fingerprint density at radius 1 is 1.03 bits per heavy atom. The molecule has 7 heteroatoms. The molecule has 0 saturated carbocycles. The first-order valence-electron chi connectivity index (χ1n) is 9.35. The second kappa shape index (κ2) is 9.05. The number of anilines is 1. The minimum absolute atomic E-state index is 0.142. The van der Waals surface area contributed by atoms with Crippen LogP contribution in [0.15, 0.2) is 60.7 Å². The number of aromatic nitrogens is 2. The van der Waals surface area contributed by atoms with E-state index in [0.717, 1.165) is 16.9 Å². The number of carbonyl (C=O) groups is 2. The highest BCUT2D eigenvalue weighted by molar-refractivity contribution is 5.97. The van der Waals surface area contributed by atoms with Gasteiger partial charge in [0, 0.05) is 0 Å². The van der Waals surface area contributed by atoms with Gasteiger partial charge in [-0.05, 0) is 38.5 Å². The molecule has 1 heterocycles. The Labute approximate surface area is 169 Å². The van der Waals surface area contributed by atoms with Crippen molar-refractivity contribution in [1.82, 2.24) is 15.1 Å². The first-order chi connectivity index (χ1) is 14.0. The van der Waals surface area contributed by atoms with Gasteiger partial charge in [0.2, 0.25) is 5.91 Å². The van der Waals surface area contributed by atoms with Gasteiger partial charge in [-0.2, -0.15) is 5.10 Å². The molecule has 150 valence electrons. The first-order valence-corrected chi connectivity index (χ1v) is 9.35. The average molecular weight is 392 g/mol. The molecule has 2 aromatic carbocycles. The number of carbonyl (C=O) groups excluding carboxylic acids is 2. The van der Waals surface area contributed by atoms with Gasteiger partial charge in [-0.3, -0.25) is 4.79 Å². The van der Waals surface area contributed by atoms with E-state index in [1.165, 1.54) is 0 Å². The zero-order chi connectivity index (χ0) is 20.8. The van der Waals surface area contributed by atoms with Crippen molar-refractivity contribution in [3.05, 3.63) is 77.6 Å². The van der Waals surface area contributed by atoms with E-state index in [4.69, 9.17) is 4.74 Å². The van der Waals surface area contributed by atoms with E-state index in [1.54, 1.807) is 11.6 Å². The molecule has 0 aliphatic rings. The van der Waals surface area contributed by atoms with Gasteiger partial charge < -0.3 is 15.4 Å². The van der Waals surface area contributed by atoms with Crippen LogP contribution in [0.4, 0.5) is 10.5 Å². The summed E-state index contributed by atoms with van der Waals surface area (Å²) >= 11 is 0. The van der Waals surface area contributed by atoms with E-state index in [0.29, 0.717) is 11.4 Å². The van der Waals surface area contributed by atoms with Crippen LogP contribution >= 0.6 is 0 Å². The van der Waals surface area contributed by atoms with Crippen molar-refractivity contribution in [2.24, 2.45) is 0 Å². The third-order valence-corrected chi connectivity index (χ3v) is 4.48. The summed E-state index contributed by atoms with van der Waals surface area (Å²) in [6.07, 6.45) is -0.648. The Morgan fingerprint density at radius 2 is 1.66 bits per heavy atom. The fraction of sp³-hybridized carbons (Fsp3) is 0.227. The van der Waals surface area contributed by atoms with Gasteiger partial charge in [0.25, 0.3) is 0 Å². The molecule has 0 aliphatic carbocycles. The largest absolute Gasteiger partial charge is 0.445 e. The Balaban J connectivity index is 1.59. The van der Waals surface area contributed by atoms with E-state index >= 15 is 0 Å². The summed E-state index contributed by atoms with van der Waals surface area (Å²) in [5.74, 6) is -0.347. The van der Waals surface area contributed by atoms with Gasteiger partial charge >= 0.3 is 6.09 Å². The Kier molecular flexibility index (Phi) is 6.29. The van der Waals surface area contributed by atoms with E-state index in [-0.39, 0.29) is 12.5 Å². The number of alkyl carbamates (subject to hydrolysis) is 1. The van der Waals surface area contributed by atoms with Crippen molar-refractivity contribution in [3.63, 3.8) is 0 Å². The second-order valence-corrected chi connectivity index (χ2v) is 6.71. The number of para-hydroxylation sites is 1. The van der Waals surface area contributed by atoms with Crippen LogP contribution in [0.3, 0.4) is 0 Å². The highest BCUT2D eigenvalue weighted by Crippen LogP contribution is 2.22. The van der Waals surface area contributed by atoms with Crippen LogP contribution in [0.5, 0.6) is 0 Å². The number of rotatable bonds is 6. The van der Waals surface area contributed by atoms with Gasteiger partial charge in [-0.1, -0.05) is 48.5 Å². The van der Waals surface area contributed by atoms with Gasteiger partial charge in [-0.15, -0.1) is 0 Å². The summed E-state index contributed by atoms with van der Waals surface area (Å²) in [6.45, 7) is 5.46. The van der Waals surface area contributed by atoms with Crippen LogP contribution in [0.25, 0.3) is 5.69 Å². The Morgan fingerprint density at radius 3 is 2.31 bits per heavy atom. The fourth-order valence-corrected chi connectivity index (χ4v) is 2.88. The molecule has 3 rings (SSSR count). The summed E-state index contributed by atoms with van der Waals surface area (Å²) in [5, 5.41) is 9.91. The lowest BCUT2D eigenvalue weighted by Gasteiger charge is -2.14. The average Bonchev–Trinajstić information content (AvgIpc) is 3.02. The zero-order valence-electron chi connectivity index (χ0n) is 16.7. The number of aryl methyl sites for hydroxylation is 1. The quantitative estimate of drug-likeness (QED) is 0.669. The Bertz CT molecular complexity index is 984. The standard InChI is InChI=1S/C22H24N4O3/c1-15-20(17(3)26(25-15)19-12-8-5-9-13-19)24-21(27)16(2)23-22(28)29-14-18-10-6-4-7-11-18/h4-13,16H,14H2,1-3H3,(H,23,28)(H,24,27)/t16-/m0/s1. The molecule has 3 aromatic rings. The number of nitrogens with one attached hydrogen (secondary N) is 2. The fourth-order valence-electron chi connectivity index (χ4n) is 2.88. The van der Waals surface area contributed by atoms with Crippen molar-refractivity contribution < 1.29 is 14.3 Å². The number of benzene rings is 2. The Hall–Kier alpha value is -3.61. The van der Waals surface area contributed by atoms with Crippen molar-refractivity contribution >= 4 is 17.7 Å². The maximum absolute atomic E-state index is 12.6. The number of ether oxygens (including phenoxy) is 1. The lowest BCUT2D eigenvalue weighted by Crippen LogP contribution is -2.41. The third kappa shape index (κ3) is 5.01. The summed E-state index contributed by atoms with van der Waals surface area (Å²) in [4.78, 5) is 24.5. The topological polar surface area (TPSA) is 85.3 Å². The molecule has 29 heavy (non-hydrogen) atoms. The minimum Gasteiger partial charge on any atom is -0.445 e. The van der Waals surface area contributed by atoms with E-state index in [9.17, 15) is 9.59 Å². The molecule has 0 fully saturated rings. The minimum atomic E-state index is -0.767. The lowest BCUT2D eigenvalue weighted by atomic mass is 10.2. The van der Waals surface area contributed by atoms with Crippen molar-refractivity contribution in [1.29, 1.82) is 0 Å². The molecule has 0 bridgehead atoms. The number of nitrogens with zero attached hydrogens (tertiary/aromatic N) is 2. The number of amides is 2. The van der Waals surface area contributed by atoms with Crippen LogP contribution in [-0.4, -0.2) is 27.8 Å². The molecular weight excluding hydrogens is 368 g/mol. The lowest BCUT2D eigenvalue weighted by molar-refractivity contribution is -0.117. The van der Waals surface area contributed by atoms with Gasteiger partial charge in [0.1, 0.15) is 12.6 Å². The molecule has 0 saturated heterocycles. The van der Waals surface area contributed by atoms with Crippen LogP contribution < -0.4 is 10.6 Å². The smallest absolute Gasteiger partial charge is 0.408 e. The van der Waals surface area contributed by atoms with Crippen LogP contribution in [0.2, 0.25) is 0 Å². The molecule has 2 N–H and O–H groups in total. The predicted octanol–water partition coefficient (Wildman–Crippen LogP) is 3.74. The summed E-state index contributed by atoms with van der Waals surface area (Å²) in [7, 11) is 0. The summed E-state index contributed by atoms with van der Waals surface area (Å²) in [5.41, 5.74) is 3.91. The van der Waals surface area contributed by atoms with Crippen molar-refractivity contribution in [3.8, 4) is 5.69 Å². The van der Waals surface area contributed by atoms with Crippen LogP contribution in [0.1, 0.15) is 23.9 Å². The second-order valence-electron chi connectivity index (χ2n) is 6.71. The molecule has 0 unspecified atom stereocenters.